The molecule has 7 nitrogen and oxygen atoms in total. The van der Waals surface area contributed by atoms with Crippen LogP contribution in [0.5, 0.6) is 0 Å². The number of esters is 1. The maximum Gasteiger partial charge on any atom is 0.416 e. The van der Waals surface area contributed by atoms with E-state index in [1.54, 1.807) is 6.92 Å². The summed E-state index contributed by atoms with van der Waals surface area (Å²) >= 11 is 1.07. The Bertz CT molecular complexity index is 1240. The number of fused-ring (bicyclic) bond motifs is 1. The fraction of sp³-hybridized carbons (Fsp3) is 0.333. The van der Waals surface area contributed by atoms with E-state index in [1.165, 1.54) is 5.38 Å². The molecule has 11 heteroatoms. The van der Waals surface area contributed by atoms with Crippen LogP contribution in [-0.4, -0.2) is 28.3 Å². The number of halogens is 3. The lowest BCUT2D eigenvalue weighted by molar-refractivity contribution is -0.137. The first-order chi connectivity index (χ1) is 15.2. The van der Waals surface area contributed by atoms with E-state index in [-0.39, 0.29) is 45.6 Å². The molecule has 0 radical (unpaired) electrons. The quantitative estimate of drug-likeness (QED) is 0.565. The number of carbonyl (C=O) groups excluding carboxylic acids is 2. The van der Waals surface area contributed by atoms with Crippen LogP contribution < -0.4 is 10.9 Å². The third-order valence-corrected chi connectivity index (χ3v) is 6.17. The fourth-order valence-corrected chi connectivity index (χ4v) is 4.28. The lowest BCUT2D eigenvalue weighted by Gasteiger charge is -2.23. The van der Waals surface area contributed by atoms with E-state index in [0.717, 1.165) is 59.5 Å². The lowest BCUT2D eigenvalue weighted by atomic mass is 9.85. The summed E-state index contributed by atoms with van der Waals surface area (Å²) in [7, 11) is 0. The van der Waals surface area contributed by atoms with Crippen molar-refractivity contribution in [3.05, 3.63) is 51.3 Å². The summed E-state index contributed by atoms with van der Waals surface area (Å²) in [5.41, 5.74) is -1.68. The van der Waals surface area contributed by atoms with Gasteiger partial charge in [0.1, 0.15) is 5.00 Å². The molecule has 0 atom stereocenters. The second-order valence-electron chi connectivity index (χ2n) is 7.30. The van der Waals surface area contributed by atoms with Gasteiger partial charge in [-0.1, -0.05) is 6.42 Å². The molecule has 1 N–H and O–H groups in total. The number of nitrogens with one attached hydrogen (secondary N) is 1. The fourth-order valence-electron chi connectivity index (χ4n) is 3.34. The Balaban J connectivity index is 1.85. The van der Waals surface area contributed by atoms with Crippen molar-refractivity contribution >= 4 is 39.0 Å². The summed E-state index contributed by atoms with van der Waals surface area (Å²) in [5.74, 6) is -1.13. The highest BCUT2D eigenvalue weighted by Gasteiger charge is 2.31. The van der Waals surface area contributed by atoms with E-state index in [2.05, 4.69) is 10.4 Å². The van der Waals surface area contributed by atoms with Crippen LogP contribution in [0.2, 0.25) is 0 Å². The van der Waals surface area contributed by atoms with Crippen molar-refractivity contribution in [1.29, 1.82) is 0 Å². The predicted molar refractivity (Wildman–Crippen MR) is 112 cm³/mol. The molecule has 2 aromatic heterocycles. The number of nitrogens with zero attached hydrogens (tertiary/aromatic N) is 2. The largest absolute Gasteiger partial charge is 0.461 e. The number of thiophene rings is 1. The lowest BCUT2D eigenvalue weighted by Crippen LogP contribution is -2.29. The van der Waals surface area contributed by atoms with Crippen LogP contribution in [0.15, 0.2) is 34.4 Å². The van der Waals surface area contributed by atoms with Crippen molar-refractivity contribution < 1.29 is 27.5 Å². The van der Waals surface area contributed by atoms with E-state index >= 15 is 0 Å². The number of ether oxygens (including phenoxy) is 1. The van der Waals surface area contributed by atoms with Gasteiger partial charge >= 0.3 is 12.1 Å². The second-order valence-corrected chi connectivity index (χ2v) is 8.18. The van der Waals surface area contributed by atoms with Crippen molar-refractivity contribution in [2.75, 3.05) is 11.9 Å². The molecule has 1 saturated carbocycles. The van der Waals surface area contributed by atoms with Gasteiger partial charge in [0.15, 0.2) is 5.69 Å². The first-order valence-electron chi connectivity index (χ1n) is 9.91. The summed E-state index contributed by atoms with van der Waals surface area (Å²) in [6, 6.07) is 3.84. The minimum Gasteiger partial charge on any atom is -0.461 e. The van der Waals surface area contributed by atoms with Gasteiger partial charge in [-0.25, -0.2) is 4.79 Å². The normalized spacial score (nSPS) is 14.2. The molecule has 1 fully saturated rings. The Morgan fingerprint density at radius 1 is 1.25 bits per heavy atom. The second kappa shape index (κ2) is 8.38. The highest BCUT2D eigenvalue weighted by atomic mass is 32.1. The van der Waals surface area contributed by atoms with Gasteiger partial charge in [-0.3, -0.25) is 9.59 Å². The number of carbonyl (C=O) groups is 2. The van der Waals surface area contributed by atoms with Gasteiger partial charge in [-0.05, 0) is 44.0 Å². The van der Waals surface area contributed by atoms with Gasteiger partial charge in [0.25, 0.3) is 5.56 Å². The average molecular weight is 465 g/mol. The summed E-state index contributed by atoms with van der Waals surface area (Å²) in [6.07, 6.45) is -2.05. The Kier molecular flexibility index (Phi) is 5.76. The maximum atomic E-state index is 13.2. The zero-order chi connectivity index (χ0) is 23.0. The smallest absolute Gasteiger partial charge is 0.416 e. The Morgan fingerprint density at radius 2 is 1.94 bits per heavy atom. The third kappa shape index (κ3) is 3.99. The molecular formula is C21H18F3N3O4S. The van der Waals surface area contributed by atoms with Crippen molar-refractivity contribution in [3.8, 4) is 5.69 Å². The summed E-state index contributed by atoms with van der Waals surface area (Å²) in [5, 5.41) is 8.89. The van der Waals surface area contributed by atoms with Crippen molar-refractivity contribution in [1.82, 2.24) is 9.78 Å². The highest BCUT2D eigenvalue weighted by molar-refractivity contribution is 7.16. The minimum absolute atomic E-state index is 0.0397. The number of anilines is 1. The van der Waals surface area contributed by atoms with E-state index < -0.39 is 23.3 Å². The van der Waals surface area contributed by atoms with E-state index in [4.69, 9.17) is 4.74 Å². The molecule has 1 aromatic carbocycles. The Labute approximate surface area is 183 Å². The highest BCUT2D eigenvalue weighted by Crippen LogP contribution is 2.34. The minimum atomic E-state index is -4.54. The molecule has 0 unspecified atom stereocenters. The molecule has 1 aliphatic rings. The van der Waals surface area contributed by atoms with Gasteiger partial charge in [0.2, 0.25) is 5.91 Å². The molecular weight excluding hydrogens is 447 g/mol. The molecule has 4 rings (SSSR count). The summed E-state index contributed by atoms with van der Waals surface area (Å²) in [6.45, 7) is 1.68. The van der Waals surface area contributed by atoms with E-state index in [9.17, 15) is 27.6 Å². The van der Waals surface area contributed by atoms with Crippen LogP contribution >= 0.6 is 11.3 Å². The van der Waals surface area contributed by atoms with Crippen molar-refractivity contribution in [3.63, 3.8) is 0 Å². The van der Waals surface area contributed by atoms with Crippen molar-refractivity contribution in [2.24, 2.45) is 5.92 Å². The van der Waals surface area contributed by atoms with Crippen LogP contribution in [0.1, 0.15) is 42.2 Å². The Hall–Kier alpha value is -3.21. The molecule has 0 aliphatic heterocycles. The van der Waals surface area contributed by atoms with E-state index in [0.29, 0.717) is 0 Å². The van der Waals surface area contributed by atoms with Gasteiger partial charge in [-0.15, -0.1) is 11.3 Å². The molecule has 1 amide bonds. The van der Waals surface area contributed by atoms with Crippen LogP contribution in [-0.2, 0) is 15.7 Å². The number of alkyl halides is 3. The SMILES string of the molecule is CCOC(=O)c1nn(-c2ccc(C(F)(F)F)cc2)c(=O)c2c(NC(=O)C3CCC3)scc12. The maximum absolute atomic E-state index is 13.2. The first-order valence-corrected chi connectivity index (χ1v) is 10.8. The van der Waals surface area contributed by atoms with Gasteiger partial charge in [0.05, 0.1) is 23.2 Å². The molecule has 32 heavy (non-hydrogen) atoms. The summed E-state index contributed by atoms with van der Waals surface area (Å²) < 4.78 is 44.6. The van der Waals surface area contributed by atoms with Gasteiger partial charge < -0.3 is 10.1 Å². The van der Waals surface area contributed by atoms with Crippen molar-refractivity contribution in [2.45, 2.75) is 32.4 Å². The number of rotatable bonds is 5. The average Bonchev–Trinajstić information content (AvgIpc) is 3.10. The monoisotopic (exact) mass is 465 g/mol. The predicted octanol–water partition coefficient (Wildman–Crippen LogP) is 4.38. The molecule has 1 aliphatic carbocycles. The molecule has 3 aromatic rings. The molecule has 0 bridgehead atoms. The first kappa shape index (κ1) is 22.0. The third-order valence-electron chi connectivity index (χ3n) is 5.27. The number of hydrogen-bond acceptors (Lipinski definition) is 6. The summed E-state index contributed by atoms with van der Waals surface area (Å²) in [4.78, 5) is 38.2. The van der Waals surface area contributed by atoms with Gasteiger partial charge in [0, 0.05) is 16.7 Å². The van der Waals surface area contributed by atoms with Crippen LogP contribution in [0.3, 0.4) is 0 Å². The standard InChI is InChI=1S/C21H18F3N3O4S/c1-2-31-20(30)16-14-10-32-18(25-17(28)11-4-3-5-11)15(14)19(29)27(26-16)13-8-6-12(7-9-13)21(22,23)24/h6-11H,2-5H2,1H3,(H,25,28). The topological polar surface area (TPSA) is 90.3 Å². The number of amides is 1. The molecule has 0 spiro atoms. The van der Waals surface area contributed by atoms with Crippen LogP contribution in [0.4, 0.5) is 18.2 Å². The zero-order valence-corrected chi connectivity index (χ0v) is 17.7. The molecule has 2 heterocycles. The van der Waals surface area contributed by atoms with Crippen LogP contribution in [0.25, 0.3) is 16.5 Å². The molecule has 168 valence electrons. The number of aromatic nitrogens is 2. The van der Waals surface area contributed by atoms with Crippen LogP contribution in [0, 0.1) is 5.92 Å². The van der Waals surface area contributed by atoms with Gasteiger partial charge in [-0.2, -0.15) is 23.0 Å². The number of hydrogen-bond donors (Lipinski definition) is 1. The Morgan fingerprint density at radius 3 is 2.50 bits per heavy atom. The zero-order valence-electron chi connectivity index (χ0n) is 16.9. The molecule has 0 saturated heterocycles. The van der Waals surface area contributed by atoms with E-state index in [1.807, 2.05) is 0 Å². The number of benzene rings is 1.